The number of carbonyl (C=O) groups is 5. The van der Waals surface area contributed by atoms with Crippen molar-refractivity contribution in [1.82, 2.24) is 25.3 Å². The molecule has 1 heterocycles. The minimum atomic E-state index is -0.956. The lowest BCUT2D eigenvalue weighted by Gasteiger charge is -2.41. The summed E-state index contributed by atoms with van der Waals surface area (Å²) in [7, 11) is 6.24. The third kappa shape index (κ3) is 13.4. The van der Waals surface area contributed by atoms with Crippen LogP contribution in [0.2, 0.25) is 0 Å². The number of aliphatic hydroxyl groups excluding tert-OH is 1. The van der Waals surface area contributed by atoms with Gasteiger partial charge >= 0.3 is 6.09 Å². The van der Waals surface area contributed by atoms with Crippen molar-refractivity contribution < 1.29 is 43.3 Å². The normalized spacial score (nSPS) is 18.4. The SMILES string of the molecule is CC[C@H](C)[C@H]([C@@H](CC(=O)N1CCC[C@H]1[C@H](OC)[C@@H](C)C(=O)N[C@H](C)[C@@H](O)c1ccccc1)OC)N(C)C(=O)[C@@H](NC(=O)[C@H](C(C)C)N(C)C(=O)OCc1ccc(N)cc1)C(C)C. The summed E-state index contributed by atoms with van der Waals surface area (Å²) in [5, 5.41) is 16.8. The number of nitrogens with one attached hydrogen (secondary N) is 2. The Morgan fingerprint density at radius 3 is 2.03 bits per heavy atom. The van der Waals surface area contributed by atoms with Crippen molar-refractivity contribution in [3.05, 3.63) is 65.7 Å². The van der Waals surface area contributed by atoms with Gasteiger partial charge in [0, 0.05) is 40.5 Å². The number of ether oxygens (including phenoxy) is 3. The van der Waals surface area contributed by atoms with Crippen LogP contribution in [-0.2, 0) is 40.0 Å². The lowest BCUT2D eigenvalue weighted by Crippen LogP contribution is -2.60. The number of aliphatic hydroxyl groups is 1. The van der Waals surface area contributed by atoms with E-state index in [2.05, 4.69) is 10.6 Å². The molecule has 0 spiro atoms. The standard InChI is InChI=1S/C47H74N6O9/c1-13-30(6)41(51(9)46(58)39(28(2)3)50-45(57)40(29(4)5)52(10)47(59)62-27-33-21-23-35(48)24-22-33)37(60-11)26-38(54)53-25-17-20-36(53)43(61-12)31(7)44(56)49-32(8)42(55)34-18-15-14-16-19-34/h14-16,18-19,21-24,28-32,36-37,39-43,55H,13,17,20,25-27,48H2,1-12H3,(H,49,56)(H,50,57)/t30-,31+,32+,36-,37+,39-,40-,41+,42+,43+/m0/s1. The number of hydrogen-bond donors (Lipinski definition) is 4. The molecule has 0 aromatic heterocycles. The molecular formula is C47H74N6O9. The molecular weight excluding hydrogens is 793 g/mol. The largest absolute Gasteiger partial charge is 0.445 e. The minimum Gasteiger partial charge on any atom is -0.445 e. The summed E-state index contributed by atoms with van der Waals surface area (Å²) in [5.74, 6) is -2.72. The van der Waals surface area contributed by atoms with Gasteiger partial charge in [-0.3, -0.25) is 24.1 Å². The maximum Gasteiger partial charge on any atom is 0.410 e. The molecule has 10 atom stereocenters. The molecule has 0 bridgehead atoms. The fourth-order valence-electron chi connectivity index (χ4n) is 8.55. The van der Waals surface area contributed by atoms with Gasteiger partial charge in [0.05, 0.1) is 48.8 Å². The molecule has 1 saturated heterocycles. The van der Waals surface area contributed by atoms with Gasteiger partial charge in [-0.05, 0) is 60.8 Å². The summed E-state index contributed by atoms with van der Waals surface area (Å²) in [6.45, 7) is 15.3. The van der Waals surface area contributed by atoms with E-state index in [1.165, 1.54) is 26.2 Å². The minimum absolute atomic E-state index is 0.00367. The topological polar surface area (TPSA) is 193 Å². The fourth-order valence-corrected chi connectivity index (χ4v) is 8.55. The van der Waals surface area contributed by atoms with Crippen LogP contribution in [0.25, 0.3) is 0 Å². The van der Waals surface area contributed by atoms with E-state index in [4.69, 9.17) is 19.9 Å². The van der Waals surface area contributed by atoms with Crippen molar-refractivity contribution in [3.8, 4) is 0 Å². The van der Waals surface area contributed by atoms with Crippen molar-refractivity contribution in [1.29, 1.82) is 0 Å². The first kappa shape index (κ1) is 51.6. The average Bonchev–Trinajstić information content (AvgIpc) is 3.74. The molecule has 5 N–H and O–H groups in total. The second-order valence-corrected chi connectivity index (χ2v) is 17.6. The third-order valence-corrected chi connectivity index (χ3v) is 12.4. The molecule has 15 heteroatoms. The number of nitrogens with two attached hydrogens (primary N) is 1. The summed E-state index contributed by atoms with van der Waals surface area (Å²) in [6, 6.07) is 12.7. The van der Waals surface area contributed by atoms with Crippen LogP contribution in [0.15, 0.2) is 54.6 Å². The number of anilines is 1. The van der Waals surface area contributed by atoms with Gasteiger partial charge in [0.2, 0.25) is 23.6 Å². The monoisotopic (exact) mass is 867 g/mol. The van der Waals surface area contributed by atoms with E-state index in [0.717, 1.165) is 12.0 Å². The van der Waals surface area contributed by atoms with Crippen molar-refractivity contribution in [2.75, 3.05) is 40.6 Å². The highest BCUT2D eigenvalue weighted by atomic mass is 16.6. The first-order chi connectivity index (χ1) is 29.3. The summed E-state index contributed by atoms with van der Waals surface area (Å²) in [4.78, 5) is 74.2. The highest BCUT2D eigenvalue weighted by Gasteiger charge is 2.43. The van der Waals surface area contributed by atoms with Crippen LogP contribution in [-0.4, -0.2) is 127 Å². The summed E-state index contributed by atoms with van der Waals surface area (Å²) >= 11 is 0. The quantitative estimate of drug-likeness (QED) is 0.115. The molecule has 3 rings (SSSR count). The van der Waals surface area contributed by atoms with Crippen LogP contribution in [0, 0.1) is 23.7 Å². The van der Waals surface area contributed by atoms with Crippen LogP contribution < -0.4 is 16.4 Å². The van der Waals surface area contributed by atoms with Gasteiger partial charge in [-0.25, -0.2) is 4.79 Å². The molecule has 1 aliphatic rings. The van der Waals surface area contributed by atoms with Crippen LogP contribution in [0.4, 0.5) is 10.5 Å². The van der Waals surface area contributed by atoms with E-state index >= 15 is 0 Å². The average molecular weight is 867 g/mol. The van der Waals surface area contributed by atoms with Gasteiger partial charge in [0.15, 0.2) is 0 Å². The Labute approximate surface area is 369 Å². The molecule has 0 aliphatic carbocycles. The number of benzene rings is 2. The number of carbonyl (C=O) groups excluding carboxylic acids is 5. The number of likely N-dealkylation sites (tertiary alicyclic amines) is 1. The number of hydrogen-bond acceptors (Lipinski definition) is 10. The van der Waals surface area contributed by atoms with Crippen molar-refractivity contribution in [2.45, 2.75) is 136 Å². The summed E-state index contributed by atoms with van der Waals surface area (Å²) in [6.07, 6.45) is -0.909. The van der Waals surface area contributed by atoms with Crippen LogP contribution >= 0.6 is 0 Å². The summed E-state index contributed by atoms with van der Waals surface area (Å²) < 4.78 is 17.5. The number of amides is 5. The first-order valence-electron chi connectivity index (χ1n) is 22.0. The van der Waals surface area contributed by atoms with Gasteiger partial charge < -0.3 is 45.5 Å². The lowest BCUT2D eigenvalue weighted by molar-refractivity contribution is -0.148. The van der Waals surface area contributed by atoms with Crippen LogP contribution in [0.5, 0.6) is 0 Å². The van der Waals surface area contributed by atoms with Gasteiger partial charge in [-0.1, -0.05) is 97.4 Å². The molecule has 1 aliphatic heterocycles. The number of methoxy groups -OCH3 is 2. The first-order valence-corrected chi connectivity index (χ1v) is 22.0. The Hall–Kier alpha value is -4.73. The Balaban J connectivity index is 1.75. The van der Waals surface area contributed by atoms with E-state index in [-0.39, 0.29) is 54.5 Å². The Morgan fingerprint density at radius 2 is 1.48 bits per heavy atom. The molecule has 2 aromatic rings. The highest BCUT2D eigenvalue weighted by Crippen LogP contribution is 2.30. The molecule has 1 fully saturated rings. The zero-order valence-corrected chi connectivity index (χ0v) is 39.0. The van der Waals surface area contributed by atoms with Gasteiger partial charge in [0.25, 0.3) is 0 Å². The predicted molar refractivity (Wildman–Crippen MR) is 239 cm³/mol. The lowest BCUT2D eigenvalue weighted by atomic mass is 9.89. The Kier molecular flexibility index (Phi) is 20.2. The molecule has 0 saturated carbocycles. The van der Waals surface area contributed by atoms with Crippen molar-refractivity contribution >= 4 is 35.4 Å². The third-order valence-electron chi connectivity index (χ3n) is 12.4. The fraction of sp³-hybridized carbons (Fsp3) is 0.638. The number of rotatable bonds is 22. The van der Waals surface area contributed by atoms with Crippen molar-refractivity contribution in [2.24, 2.45) is 23.7 Å². The molecule has 0 radical (unpaired) electrons. The van der Waals surface area contributed by atoms with E-state index in [9.17, 15) is 29.1 Å². The highest BCUT2D eigenvalue weighted by molar-refractivity contribution is 5.91. The van der Waals surface area contributed by atoms with E-state index < -0.39 is 60.4 Å². The Bertz CT molecular complexity index is 1740. The molecule has 0 unspecified atom stereocenters. The van der Waals surface area contributed by atoms with Crippen LogP contribution in [0.3, 0.4) is 0 Å². The molecule has 62 heavy (non-hydrogen) atoms. The van der Waals surface area contributed by atoms with Gasteiger partial charge in [-0.15, -0.1) is 0 Å². The second-order valence-electron chi connectivity index (χ2n) is 17.6. The maximum atomic E-state index is 14.5. The molecule has 5 amide bonds. The summed E-state index contributed by atoms with van der Waals surface area (Å²) in [5.41, 5.74) is 7.80. The van der Waals surface area contributed by atoms with E-state index in [0.29, 0.717) is 30.6 Å². The van der Waals surface area contributed by atoms with Crippen molar-refractivity contribution in [3.63, 3.8) is 0 Å². The maximum absolute atomic E-state index is 14.5. The number of nitrogen functional groups attached to an aromatic ring is 1. The number of nitrogens with zero attached hydrogens (tertiary/aromatic N) is 3. The van der Waals surface area contributed by atoms with Gasteiger partial charge in [0.1, 0.15) is 18.7 Å². The zero-order valence-electron chi connectivity index (χ0n) is 39.0. The van der Waals surface area contributed by atoms with Gasteiger partial charge in [-0.2, -0.15) is 0 Å². The second kappa shape index (κ2) is 24.2. The Morgan fingerprint density at radius 1 is 0.855 bits per heavy atom. The molecule has 346 valence electrons. The predicted octanol–water partition coefficient (Wildman–Crippen LogP) is 5.16. The zero-order chi connectivity index (χ0) is 46.4. The molecule has 2 aromatic carbocycles. The van der Waals surface area contributed by atoms with Crippen LogP contribution in [0.1, 0.15) is 98.3 Å². The molecule has 15 nitrogen and oxygen atoms in total. The smallest absolute Gasteiger partial charge is 0.410 e. The van der Waals surface area contributed by atoms with E-state index in [1.54, 1.807) is 67.1 Å². The number of likely N-dealkylation sites (N-methyl/N-ethyl adjacent to an activating group) is 2. The van der Waals surface area contributed by atoms with E-state index in [1.807, 2.05) is 59.7 Å².